The van der Waals surface area contributed by atoms with Crippen molar-refractivity contribution in [3.05, 3.63) is 77.0 Å². The first-order valence-electron chi connectivity index (χ1n) is 7.68. The molecule has 2 heterocycles. The Labute approximate surface area is 134 Å². The van der Waals surface area contributed by atoms with Crippen LogP contribution in [0.2, 0.25) is 0 Å². The molecule has 4 rings (SSSR count). The molecule has 0 aromatic heterocycles. The Bertz CT molecular complexity index is 811. The summed E-state index contributed by atoms with van der Waals surface area (Å²) in [6.07, 6.45) is 2.31. The van der Waals surface area contributed by atoms with Crippen LogP contribution in [0.5, 0.6) is 0 Å². The average Bonchev–Trinajstić information content (AvgIpc) is 2.59. The summed E-state index contributed by atoms with van der Waals surface area (Å²) in [7, 11) is 0. The van der Waals surface area contributed by atoms with Gasteiger partial charge in [0.25, 0.3) is 5.91 Å². The Morgan fingerprint density at radius 2 is 1.65 bits per heavy atom. The average molecular weight is 304 g/mol. The molecule has 2 aliphatic rings. The summed E-state index contributed by atoms with van der Waals surface area (Å²) in [5.74, 6) is -0.228. The minimum Gasteiger partial charge on any atom is -0.321 e. The number of piperazine rings is 1. The van der Waals surface area contributed by atoms with E-state index in [1.807, 2.05) is 54.6 Å². The monoisotopic (exact) mass is 304 g/mol. The van der Waals surface area contributed by atoms with Crippen molar-refractivity contribution in [2.45, 2.75) is 19.0 Å². The molecule has 2 aromatic rings. The van der Waals surface area contributed by atoms with Crippen molar-refractivity contribution >= 4 is 17.9 Å². The number of rotatable bonds is 1. The van der Waals surface area contributed by atoms with Crippen LogP contribution < -0.4 is 5.32 Å². The van der Waals surface area contributed by atoms with Gasteiger partial charge in [-0.2, -0.15) is 0 Å². The van der Waals surface area contributed by atoms with Crippen molar-refractivity contribution in [3.8, 4) is 0 Å². The first kappa shape index (κ1) is 13.8. The lowest BCUT2D eigenvalue weighted by Crippen LogP contribution is -2.58. The van der Waals surface area contributed by atoms with E-state index >= 15 is 0 Å². The molecule has 0 spiro atoms. The molecule has 4 heteroatoms. The van der Waals surface area contributed by atoms with Gasteiger partial charge in [0.05, 0.1) is 0 Å². The molecule has 114 valence electrons. The predicted molar refractivity (Wildman–Crippen MR) is 87.0 cm³/mol. The maximum Gasteiger partial charge on any atom is 0.271 e. The highest BCUT2D eigenvalue weighted by Crippen LogP contribution is 2.27. The number of carbonyl (C=O) groups is 2. The summed E-state index contributed by atoms with van der Waals surface area (Å²) in [5, 5.41) is 2.78. The fourth-order valence-electron chi connectivity index (χ4n) is 3.21. The molecule has 1 saturated heterocycles. The van der Waals surface area contributed by atoms with Gasteiger partial charge in [-0.15, -0.1) is 0 Å². The van der Waals surface area contributed by atoms with Gasteiger partial charge in [-0.1, -0.05) is 54.6 Å². The number of fused-ring (bicyclic) bond motifs is 2. The highest BCUT2D eigenvalue weighted by Gasteiger charge is 2.40. The van der Waals surface area contributed by atoms with E-state index in [2.05, 4.69) is 5.32 Å². The summed E-state index contributed by atoms with van der Waals surface area (Å²) in [5.41, 5.74) is 3.50. The number of nitrogens with one attached hydrogen (secondary N) is 1. The van der Waals surface area contributed by atoms with Crippen LogP contribution in [0, 0.1) is 0 Å². The molecule has 0 aliphatic carbocycles. The van der Waals surface area contributed by atoms with Crippen LogP contribution in [0.3, 0.4) is 0 Å². The molecule has 1 atom stereocenters. The predicted octanol–water partition coefficient (Wildman–Crippen LogP) is 2.11. The van der Waals surface area contributed by atoms with Gasteiger partial charge in [-0.25, -0.2) is 0 Å². The van der Waals surface area contributed by atoms with Crippen LogP contribution in [0.25, 0.3) is 6.08 Å². The molecule has 0 radical (unpaired) electrons. The van der Waals surface area contributed by atoms with Crippen molar-refractivity contribution in [1.29, 1.82) is 0 Å². The Kier molecular flexibility index (Phi) is 3.23. The van der Waals surface area contributed by atoms with E-state index in [0.29, 0.717) is 18.7 Å². The molecule has 2 aliphatic heterocycles. The Hall–Kier alpha value is -2.88. The number of hydrogen-bond acceptors (Lipinski definition) is 2. The summed E-state index contributed by atoms with van der Waals surface area (Å²) >= 11 is 0. The molecule has 23 heavy (non-hydrogen) atoms. The minimum atomic E-state index is -0.412. The van der Waals surface area contributed by atoms with Gasteiger partial charge < -0.3 is 10.2 Å². The molecule has 2 aromatic carbocycles. The van der Waals surface area contributed by atoms with E-state index in [-0.39, 0.29) is 11.8 Å². The van der Waals surface area contributed by atoms with Crippen molar-refractivity contribution in [1.82, 2.24) is 10.2 Å². The topological polar surface area (TPSA) is 49.4 Å². The summed E-state index contributed by atoms with van der Waals surface area (Å²) in [6, 6.07) is 17.1. The first-order valence-corrected chi connectivity index (χ1v) is 7.68. The smallest absolute Gasteiger partial charge is 0.271 e. The SMILES string of the molecule is O=C1N/C(=C/c2ccccc2)C(=O)N2Cc3ccccc3CC12. The Balaban J connectivity index is 1.69. The van der Waals surface area contributed by atoms with Crippen LogP contribution >= 0.6 is 0 Å². The summed E-state index contributed by atoms with van der Waals surface area (Å²) < 4.78 is 0. The van der Waals surface area contributed by atoms with E-state index in [4.69, 9.17) is 0 Å². The molecule has 2 amide bonds. The van der Waals surface area contributed by atoms with Crippen molar-refractivity contribution in [2.75, 3.05) is 0 Å². The second-order valence-electron chi connectivity index (χ2n) is 5.88. The second-order valence-corrected chi connectivity index (χ2v) is 5.88. The lowest BCUT2D eigenvalue weighted by Gasteiger charge is -2.39. The zero-order valence-corrected chi connectivity index (χ0v) is 12.5. The van der Waals surface area contributed by atoms with Gasteiger partial charge in [0.2, 0.25) is 5.91 Å². The fraction of sp³-hybridized carbons (Fsp3) is 0.158. The maximum atomic E-state index is 12.8. The normalized spacial score (nSPS) is 21.7. The number of carbonyl (C=O) groups excluding carboxylic acids is 2. The molecule has 4 nitrogen and oxygen atoms in total. The van der Waals surface area contributed by atoms with Gasteiger partial charge >= 0.3 is 0 Å². The molecule has 1 N–H and O–H groups in total. The van der Waals surface area contributed by atoms with Crippen molar-refractivity contribution in [2.24, 2.45) is 0 Å². The van der Waals surface area contributed by atoms with Crippen LogP contribution in [0.15, 0.2) is 60.3 Å². The van der Waals surface area contributed by atoms with E-state index < -0.39 is 6.04 Å². The first-order chi connectivity index (χ1) is 11.2. The highest BCUT2D eigenvalue weighted by molar-refractivity contribution is 6.07. The van der Waals surface area contributed by atoms with Crippen LogP contribution in [0.4, 0.5) is 0 Å². The van der Waals surface area contributed by atoms with Gasteiger partial charge in [-0.05, 0) is 22.8 Å². The quantitative estimate of drug-likeness (QED) is 0.820. The third kappa shape index (κ3) is 2.42. The van der Waals surface area contributed by atoms with Gasteiger partial charge in [0.15, 0.2) is 0 Å². The van der Waals surface area contributed by atoms with Gasteiger partial charge in [-0.3, -0.25) is 9.59 Å². The van der Waals surface area contributed by atoms with Crippen molar-refractivity contribution < 1.29 is 9.59 Å². The van der Waals surface area contributed by atoms with E-state index in [1.54, 1.807) is 11.0 Å². The number of amides is 2. The van der Waals surface area contributed by atoms with E-state index in [0.717, 1.165) is 16.7 Å². The number of hydrogen-bond donors (Lipinski definition) is 1. The molecule has 0 bridgehead atoms. The molecule has 1 fully saturated rings. The molecule has 0 saturated carbocycles. The largest absolute Gasteiger partial charge is 0.321 e. The Morgan fingerprint density at radius 3 is 2.43 bits per heavy atom. The molecular weight excluding hydrogens is 288 g/mol. The Morgan fingerprint density at radius 1 is 0.957 bits per heavy atom. The third-order valence-corrected chi connectivity index (χ3v) is 4.41. The fourth-order valence-corrected chi connectivity index (χ4v) is 3.21. The van der Waals surface area contributed by atoms with E-state index in [1.165, 1.54) is 0 Å². The number of nitrogens with zero attached hydrogens (tertiary/aromatic N) is 1. The molecular formula is C19H16N2O2. The maximum absolute atomic E-state index is 12.8. The second kappa shape index (κ2) is 5.39. The minimum absolute atomic E-state index is 0.110. The van der Waals surface area contributed by atoms with E-state index in [9.17, 15) is 9.59 Å². The van der Waals surface area contributed by atoms with Gasteiger partial charge in [0, 0.05) is 13.0 Å². The van der Waals surface area contributed by atoms with Crippen LogP contribution in [-0.2, 0) is 22.6 Å². The van der Waals surface area contributed by atoms with Crippen LogP contribution in [-0.4, -0.2) is 22.8 Å². The van der Waals surface area contributed by atoms with Crippen molar-refractivity contribution in [3.63, 3.8) is 0 Å². The summed E-state index contributed by atoms with van der Waals surface area (Å²) in [6.45, 7) is 0.485. The lowest BCUT2D eigenvalue weighted by atomic mass is 9.91. The lowest BCUT2D eigenvalue weighted by molar-refractivity contribution is -0.143. The highest BCUT2D eigenvalue weighted by atomic mass is 16.2. The zero-order valence-electron chi connectivity index (χ0n) is 12.5. The van der Waals surface area contributed by atoms with Gasteiger partial charge in [0.1, 0.15) is 11.7 Å². The summed E-state index contributed by atoms with van der Waals surface area (Å²) in [4.78, 5) is 26.9. The number of benzene rings is 2. The molecule has 1 unspecified atom stereocenters. The zero-order chi connectivity index (χ0) is 15.8. The standard InChI is InChI=1S/C19H16N2O2/c22-18-17-11-14-8-4-5-9-15(14)12-21(17)19(23)16(20-18)10-13-6-2-1-3-7-13/h1-10,17H,11-12H2,(H,20,22)/b16-10+. The third-order valence-electron chi connectivity index (χ3n) is 4.41. The van der Waals surface area contributed by atoms with Crippen LogP contribution in [0.1, 0.15) is 16.7 Å².